The second kappa shape index (κ2) is 9.23. The molecule has 0 fully saturated rings. The van der Waals surface area contributed by atoms with Crippen molar-refractivity contribution in [2.45, 2.75) is 11.8 Å². The van der Waals surface area contributed by atoms with Crippen molar-refractivity contribution in [3.05, 3.63) is 83.6 Å². The van der Waals surface area contributed by atoms with Gasteiger partial charge in [-0.15, -0.1) is 11.8 Å². The number of hydrogen-bond donors (Lipinski definition) is 1. The first kappa shape index (κ1) is 19.7. The van der Waals surface area contributed by atoms with Crippen LogP contribution in [0.4, 0.5) is 10.1 Å². The van der Waals surface area contributed by atoms with E-state index in [1.165, 1.54) is 24.1 Å². The van der Waals surface area contributed by atoms with Crippen LogP contribution in [0.25, 0.3) is 0 Å². The van der Waals surface area contributed by atoms with E-state index in [0.29, 0.717) is 21.9 Å². The molecule has 0 bridgehead atoms. The van der Waals surface area contributed by atoms with Crippen molar-refractivity contribution in [2.75, 3.05) is 17.7 Å². The maximum absolute atomic E-state index is 13.6. The Morgan fingerprint density at radius 2 is 1.96 bits per heavy atom. The lowest BCUT2D eigenvalue weighted by Gasteiger charge is -2.10. The van der Waals surface area contributed by atoms with E-state index in [-0.39, 0.29) is 18.2 Å². The van der Waals surface area contributed by atoms with Gasteiger partial charge in [-0.3, -0.25) is 4.79 Å². The zero-order chi connectivity index (χ0) is 19.9. The van der Waals surface area contributed by atoms with E-state index < -0.39 is 11.9 Å². The Labute approximate surface area is 165 Å². The second-order valence-corrected chi connectivity index (χ2v) is 7.01. The molecular weight excluding hydrogens is 381 g/mol. The van der Waals surface area contributed by atoms with Gasteiger partial charge >= 0.3 is 5.97 Å². The Bertz CT molecular complexity index is 972. The number of esters is 1. The highest BCUT2D eigenvalue weighted by Crippen LogP contribution is 2.22. The van der Waals surface area contributed by atoms with E-state index in [0.717, 1.165) is 5.56 Å². The number of nitrogens with one attached hydrogen (secondary N) is 1. The summed E-state index contributed by atoms with van der Waals surface area (Å²) in [5.74, 6) is -0.602. The van der Waals surface area contributed by atoms with Gasteiger partial charge in [0, 0.05) is 16.3 Å². The average Bonchev–Trinajstić information content (AvgIpc) is 3.23. The summed E-state index contributed by atoms with van der Waals surface area (Å²) in [4.78, 5) is 24.9. The minimum Gasteiger partial charge on any atom is -0.461 e. The molecule has 1 heterocycles. The number of rotatable bonds is 7. The summed E-state index contributed by atoms with van der Waals surface area (Å²) in [5, 5.41) is 2.72. The number of hydrogen-bond acceptors (Lipinski definition) is 5. The number of halogens is 1. The fourth-order valence-electron chi connectivity index (χ4n) is 2.41. The summed E-state index contributed by atoms with van der Waals surface area (Å²) in [6.07, 6.45) is 1.41. The molecule has 0 aliphatic rings. The molecule has 7 heteroatoms. The number of thioether (sulfide) groups is 1. The molecule has 0 aliphatic heterocycles. The molecule has 0 saturated carbocycles. The Balaban J connectivity index is 1.56. The smallest absolute Gasteiger partial charge is 0.338 e. The van der Waals surface area contributed by atoms with Crippen LogP contribution in [0.2, 0.25) is 0 Å². The van der Waals surface area contributed by atoms with Crippen molar-refractivity contribution in [1.82, 2.24) is 0 Å². The summed E-state index contributed by atoms with van der Waals surface area (Å²) in [6.45, 7) is 1.96. The second-order valence-electron chi connectivity index (χ2n) is 5.88. The minimum atomic E-state index is -0.511. The minimum absolute atomic E-state index is 0.139. The van der Waals surface area contributed by atoms with Crippen LogP contribution in [0.5, 0.6) is 0 Å². The molecule has 3 rings (SSSR count). The first-order chi connectivity index (χ1) is 13.5. The molecule has 0 radical (unpaired) electrons. The van der Waals surface area contributed by atoms with E-state index in [1.54, 1.807) is 48.5 Å². The van der Waals surface area contributed by atoms with Gasteiger partial charge in [0.2, 0.25) is 0 Å². The summed E-state index contributed by atoms with van der Waals surface area (Å²) < 4.78 is 23.9. The zero-order valence-electron chi connectivity index (χ0n) is 15.1. The van der Waals surface area contributed by atoms with Gasteiger partial charge in [-0.1, -0.05) is 18.2 Å². The highest BCUT2D eigenvalue weighted by molar-refractivity contribution is 7.99. The third-order valence-electron chi connectivity index (χ3n) is 3.88. The van der Waals surface area contributed by atoms with Crippen LogP contribution in [-0.4, -0.2) is 24.2 Å². The predicted molar refractivity (Wildman–Crippen MR) is 105 cm³/mol. The number of aryl methyl sites for hydroxylation is 1. The summed E-state index contributed by atoms with van der Waals surface area (Å²) in [7, 11) is 0. The van der Waals surface area contributed by atoms with Crippen LogP contribution in [-0.2, 0) is 4.74 Å². The third kappa shape index (κ3) is 5.01. The maximum atomic E-state index is 13.6. The molecule has 1 N–H and O–H groups in total. The monoisotopic (exact) mass is 399 g/mol. The molecule has 0 spiro atoms. The van der Waals surface area contributed by atoms with Crippen molar-refractivity contribution in [3.63, 3.8) is 0 Å². The largest absolute Gasteiger partial charge is 0.461 e. The molecular formula is C21H18FNO4S. The van der Waals surface area contributed by atoms with E-state index in [2.05, 4.69) is 5.32 Å². The van der Waals surface area contributed by atoms with Crippen molar-refractivity contribution >= 4 is 29.3 Å². The Hall–Kier alpha value is -3.06. The number of carbonyl (C=O) groups excluding carboxylic acids is 2. The van der Waals surface area contributed by atoms with Crippen LogP contribution >= 0.6 is 11.8 Å². The fourth-order valence-corrected chi connectivity index (χ4v) is 3.17. The van der Waals surface area contributed by atoms with Crippen LogP contribution in [0.15, 0.2) is 70.2 Å². The van der Waals surface area contributed by atoms with Gasteiger partial charge in [-0.05, 0) is 48.9 Å². The topological polar surface area (TPSA) is 68.5 Å². The first-order valence-electron chi connectivity index (χ1n) is 8.54. The van der Waals surface area contributed by atoms with E-state index in [4.69, 9.17) is 9.15 Å². The molecule has 2 aromatic carbocycles. The van der Waals surface area contributed by atoms with Gasteiger partial charge in [-0.25, -0.2) is 9.18 Å². The molecule has 0 aliphatic carbocycles. The Morgan fingerprint density at radius 3 is 2.71 bits per heavy atom. The number of furan rings is 1. The quantitative estimate of drug-likeness (QED) is 0.347. The molecule has 1 aromatic heterocycles. The van der Waals surface area contributed by atoms with Crippen molar-refractivity contribution < 1.29 is 23.1 Å². The van der Waals surface area contributed by atoms with Crippen molar-refractivity contribution in [1.29, 1.82) is 0 Å². The molecule has 0 saturated heterocycles. The van der Waals surface area contributed by atoms with Gasteiger partial charge in [-0.2, -0.15) is 0 Å². The number of amides is 1. The molecule has 1 amide bonds. The summed E-state index contributed by atoms with van der Waals surface area (Å²) >= 11 is 1.28. The van der Waals surface area contributed by atoms with Crippen LogP contribution in [0.1, 0.15) is 26.5 Å². The lowest BCUT2D eigenvalue weighted by molar-refractivity contribution is 0.0530. The van der Waals surface area contributed by atoms with E-state index in [1.807, 2.05) is 6.92 Å². The summed E-state index contributed by atoms with van der Waals surface area (Å²) in [6, 6.07) is 14.5. The zero-order valence-corrected chi connectivity index (χ0v) is 15.9. The third-order valence-corrected chi connectivity index (χ3v) is 4.89. The highest BCUT2D eigenvalue weighted by Gasteiger charge is 2.14. The maximum Gasteiger partial charge on any atom is 0.338 e. The molecule has 144 valence electrons. The average molecular weight is 399 g/mol. The van der Waals surface area contributed by atoms with Crippen molar-refractivity contribution in [3.8, 4) is 0 Å². The van der Waals surface area contributed by atoms with Gasteiger partial charge in [0.25, 0.3) is 5.91 Å². The molecule has 28 heavy (non-hydrogen) atoms. The van der Waals surface area contributed by atoms with Crippen LogP contribution in [0, 0.1) is 12.7 Å². The first-order valence-corrected chi connectivity index (χ1v) is 9.53. The Morgan fingerprint density at radius 1 is 1.14 bits per heavy atom. The van der Waals surface area contributed by atoms with Gasteiger partial charge in [0.05, 0.1) is 11.8 Å². The van der Waals surface area contributed by atoms with E-state index >= 15 is 0 Å². The summed E-state index contributed by atoms with van der Waals surface area (Å²) in [5.41, 5.74) is 1.61. The number of ether oxygens (including phenoxy) is 1. The SMILES string of the molecule is Cc1ccc(C(=O)OCCSc2ccccc2F)cc1NC(=O)c1ccco1. The standard InChI is InChI=1S/C21H18FNO4S/c1-14-8-9-15(13-17(14)23-20(24)18-6-4-10-26-18)21(25)27-11-12-28-19-7-3-2-5-16(19)22/h2-10,13H,11-12H2,1H3,(H,23,24). The van der Waals surface area contributed by atoms with Crippen LogP contribution < -0.4 is 5.32 Å². The van der Waals surface area contributed by atoms with E-state index in [9.17, 15) is 14.0 Å². The molecule has 5 nitrogen and oxygen atoms in total. The number of anilines is 1. The lowest BCUT2D eigenvalue weighted by Crippen LogP contribution is -2.13. The molecule has 0 unspecified atom stereocenters. The van der Waals surface area contributed by atoms with Gasteiger partial charge in [0.1, 0.15) is 12.4 Å². The highest BCUT2D eigenvalue weighted by atomic mass is 32.2. The normalized spacial score (nSPS) is 10.5. The van der Waals surface area contributed by atoms with Gasteiger partial charge in [0.15, 0.2) is 5.76 Å². The number of benzene rings is 2. The molecule has 3 aromatic rings. The van der Waals surface area contributed by atoms with Crippen LogP contribution in [0.3, 0.4) is 0 Å². The van der Waals surface area contributed by atoms with Crippen molar-refractivity contribution in [2.24, 2.45) is 0 Å². The fraction of sp³-hybridized carbons (Fsp3) is 0.143. The predicted octanol–water partition coefficient (Wildman–Crippen LogP) is 4.93. The molecule has 0 atom stereocenters. The Kier molecular flexibility index (Phi) is 6.49. The number of carbonyl (C=O) groups is 2. The van der Waals surface area contributed by atoms with Gasteiger partial charge < -0.3 is 14.5 Å². The lowest BCUT2D eigenvalue weighted by atomic mass is 10.1.